The number of benzene rings is 1. The number of aryl methyl sites for hydroxylation is 1. The molecule has 0 fully saturated rings. The molecule has 1 heterocycles. The van der Waals surface area contributed by atoms with Gasteiger partial charge in [0.15, 0.2) is 5.82 Å². The Morgan fingerprint density at radius 3 is 2.69 bits per heavy atom. The lowest BCUT2D eigenvalue weighted by Gasteiger charge is -2.03. The van der Waals surface area contributed by atoms with Gasteiger partial charge in [0.05, 0.1) is 11.9 Å². The molecule has 16 heavy (non-hydrogen) atoms. The van der Waals surface area contributed by atoms with Gasteiger partial charge in [0, 0.05) is 5.56 Å². The molecule has 82 valence electrons. The molecule has 0 radical (unpaired) electrons. The van der Waals surface area contributed by atoms with Crippen molar-refractivity contribution in [1.29, 1.82) is 0 Å². The molecule has 0 spiro atoms. The first-order chi connectivity index (χ1) is 7.58. The van der Waals surface area contributed by atoms with Crippen LogP contribution in [0.3, 0.4) is 0 Å². The molecule has 1 aromatic heterocycles. The predicted molar refractivity (Wildman–Crippen MR) is 54.9 cm³/mol. The quantitative estimate of drug-likeness (QED) is 0.802. The fourth-order valence-electron chi connectivity index (χ4n) is 1.34. The largest absolute Gasteiger partial charge is 0.345 e. The van der Waals surface area contributed by atoms with Gasteiger partial charge in [-0.1, -0.05) is 12.1 Å². The van der Waals surface area contributed by atoms with Gasteiger partial charge in [-0.05, 0) is 18.6 Å². The summed E-state index contributed by atoms with van der Waals surface area (Å²) >= 11 is 0. The highest BCUT2D eigenvalue weighted by Gasteiger charge is 2.08. The maximum absolute atomic E-state index is 13.3. The fraction of sp³-hybridized carbons (Fsp3) is 0.0909. The van der Waals surface area contributed by atoms with Crippen molar-refractivity contribution in [2.45, 2.75) is 6.92 Å². The van der Waals surface area contributed by atoms with Gasteiger partial charge in [0.2, 0.25) is 0 Å². The lowest BCUT2D eigenvalue weighted by molar-refractivity contribution is 0.611. The number of H-pyrrole nitrogens is 1. The lowest BCUT2D eigenvalue weighted by Crippen LogP contribution is -2.11. The van der Waals surface area contributed by atoms with Crippen molar-refractivity contribution in [1.82, 2.24) is 9.97 Å². The molecule has 0 unspecified atom stereocenters. The number of halogens is 2. The maximum Gasteiger partial charge on any atom is 0.345 e. The molecule has 3 nitrogen and oxygen atoms in total. The van der Waals surface area contributed by atoms with E-state index in [-0.39, 0.29) is 11.3 Å². The van der Waals surface area contributed by atoms with Crippen molar-refractivity contribution < 1.29 is 8.78 Å². The molecule has 1 N–H and O–H groups in total. The van der Waals surface area contributed by atoms with Gasteiger partial charge < -0.3 is 4.98 Å². The number of nitrogens with one attached hydrogen (secondary N) is 1. The summed E-state index contributed by atoms with van der Waals surface area (Å²) in [6, 6.07) is 4.22. The minimum Gasteiger partial charge on any atom is -0.303 e. The zero-order chi connectivity index (χ0) is 11.7. The second-order valence-electron chi connectivity index (χ2n) is 3.38. The number of aromatic nitrogens is 2. The third-order valence-electron chi connectivity index (χ3n) is 2.23. The topological polar surface area (TPSA) is 45.8 Å². The van der Waals surface area contributed by atoms with Gasteiger partial charge in [-0.3, -0.25) is 0 Å². The van der Waals surface area contributed by atoms with Crippen molar-refractivity contribution in [2.24, 2.45) is 0 Å². The normalized spacial score (nSPS) is 10.4. The molecule has 0 atom stereocenters. The van der Waals surface area contributed by atoms with E-state index in [4.69, 9.17) is 0 Å². The van der Waals surface area contributed by atoms with Crippen LogP contribution in [0.15, 0.2) is 29.2 Å². The van der Waals surface area contributed by atoms with Crippen LogP contribution in [-0.4, -0.2) is 9.97 Å². The summed E-state index contributed by atoms with van der Waals surface area (Å²) in [6.07, 6.45) is 0.811. The van der Waals surface area contributed by atoms with E-state index in [0.29, 0.717) is 5.56 Å². The Morgan fingerprint density at radius 1 is 1.25 bits per heavy atom. The number of hydrogen-bond donors (Lipinski definition) is 1. The standard InChI is InChI=1S/C11H8F2N2O/c1-6-2-3-7(4-8(6)12)10-9(13)5-14-11(16)15-10/h2-5H,1H3,(H,14,15,16). The smallest absolute Gasteiger partial charge is 0.303 e. The molecular weight excluding hydrogens is 214 g/mol. The summed E-state index contributed by atoms with van der Waals surface area (Å²) in [5, 5.41) is 0. The van der Waals surface area contributed by atoms with Crippen LogP contribution in [0.1, 0.15) is 5.56 Å². The average molecular weight is 222 g/mol. The molecule has 2 rings (SSSR count). The lowest BCUT2D eigenvalue weighted by atomic mass is 10.1. The molecule has 0 aliphatic heterocycles. The Kier molecular flexibility index (Phi) is 2.52. The number of rotatable bonds is 1. The summed E-state index contributed by atoms with van der Waals surface area (Å²) in [5.74, 6) is -1.14. The predicted octanol–water partition coefficient (Wildman–Crippen LogP) is 2.02. The Morgan fingerprint density at radius 2 is 2.00 bits per heavy atom. The second-order valence-corrected chi connectivity index (χ2v) is 3.38. The van der Waals surface area contributed by atoms with Crippen LogP contribution in [0.5, 0.6) is 0 Å². The molecule has 0 amide bonds. The number of aromatic amines is 1. The molecule has 0 aliphatic carbocycles. The van der Waals surface area contributed by atoms with Crippen LogP contribution in [-0.2, 0) is 0 Å². The third kappa shape index (κ3) is 1.84. The molecule has 1 aromatic carbocycles. The summed E-state index contributed by atoms with van der Waals surface area (Å²) in [7, 11) is 0. The van der Waals surface area contributed by atoms with E-state index in [2.05, 4.69) is 9.97 Å². The molecule has 0 bridgehead atoms. The van der Waals surface area contributed by atoms with E-state index in [1.807, 2.05) is 0 Å². The third-order valence-corrected chi connectivity index (χ3v) is 2.23. The molecule has 5 heteroatoms. The van der Waals surface area contributed by atoms with Crippen LogP contribution in [0, 0.1) is 18.6 Å². The van der Waals surface area contributed by atoms with E-state index in [1.54, 1.807) is 6.92 Å². The highest BCUT2D eigenvalue weighted by molar-refractivity contribution is 5.59. The Balaban J connectivity index is 2.62. The van der Waals surface area contributed by atoms with Crippen molar-refractivity contribution in [2.75, 3.05) is 0 Å². The van der Waals surface area contributed by atoms with Gasteiger partial charge in [-0.25, -0.2) is 13.6 Å². The Hall–Kier alpha value is -2.04. The van der Waals surface area contributed by atoms with E-state index in [1.165, 1.54) is 18.2 Å². The Labute approximate surface area is 89.8 Å². The van der Waals surface area contributed by atoms with Gasteiger partial charge in [0.25, 0.3) is 0 Å². The maximum atomic E-state index is 13.3. The van der Waals surface area contributed by atoms with Crippen molar-refractivity contribution >= 4 is 0 Å². The second kappa shape index (κ2) is 3.84. The first-order valence-corrected chi connectivity index (χ1v) is 4.59. The van der Waals surface area contributed by atoms with Gasteiger partial charge >= 0.3 is 5.69 Å². The van der Waals surface area contributed by atoms with Gasteiger partial charge in [0.1, 0.15) is 5.82 Å². The zero-order valence-corrected chi connectivity index (χ0v) is 8.42. The average Bonchev–Trinajstić information content (AvgIpc) is 2.26. The van der Waals surface area contributed by atoms with Crippen molar-refractivity contribution in [3.63, 3.8) is 0 Å². The summed E-state index contributed by atoms with van der Waals surface area (Å²) in [4.78, 5) is 16.4. The zero-order valence-electron chi connectivity index (χ0n) is 8.42. The van der Waals surface area contributed by atoms with E-state index >= 15 is 0 Å². The summed E-state index contributed by atoms with van der Waals surface area (Å²) < 4.78 is 26.6. The summed E-state index contributed by atoms with van der Waals surface area (Å²) in [6.45, 7) is 1.60. The van der Waals surface area contributed by atoms with Crippen LogP contribution < -0.4 is 5.69 Å². The molecule has 0 saturated heterocycles. The molecule has 0 saturated carbocycles. The monoisotopic (exact) mass is 222 g/mol. The van der Waals surface area contributed by atoms with E-state index < -0.39 is 17.3 Å². The minimum absolute atomic E-state index is 0.0566. The number of hydrogen-bond acceptors (Lipinski definition) is 2. The summed E-state index contributed by atoms with van der Waals surface area (Å²) in [5.41, 5.74) is 0.0111. The van der Waals surface area contributed by atoms with Gasteiger partial charge in [-0.15, -0.1) is 0 Å². The van der Waals surface area contributed by atoms with Crippen LogP contribution in [0.4, 0.5) is 8.78 Å². The minimum atomic E-state index is -0.692. The van der Waals surface area contributed by atoms with Crippen molar-refractivity contribution in [3.8, 4) is 11.3 Å². The first kappa shape index (κ1) is 10.5. The van der Waals surface area contributed by atoms with E-state index in [9.17, 15) is 13.6 Å². The fourth-order valence-corrected chi connectivity index (χ4v) is 1.34. The van der Waals surface area contributed by atoms with Crippen molar-refractivity contribution in [3.05, 3.63) is 52.1 Å². The molecule has 2 aromatic rings. The molecule has 0 aliphatic rings. The first-order valence-electron chi connectivity index (χ1n) is 4.59. The van der Waals surface area contributed by atoms with Crippen LogP contribution in [0.2, 0.25) is 0 Å². The van der Waals surface area contributed by atoms with Crippen LogP contribution in [0.25, 0.3) is 11.3 Å². The number of nitrogens with zero attached hydrogens (tertiary/aromatic N) is 1. The highest BCUT2D eigenvalue weighted by Crippen LogP contribution is 2.20. The molecular formula is C11H8F2N2O. The highest BCUT2D eigenvalue weighted by atomic mass is 19.1. The Bertz CT molecular complexity index is 593. The van der Waals surface area contributed by atoms with Gasteiger partial charge in [-0.2, -0.15) is 4.98 Å². The van der Waals surface area contributed by atoms with E-state index in [0.717, 1.165) is 6.20 Å². The SMILES string of the molecule is Cc1ccc(-c2[nH]c(=O)ncc2F)cc1F. The van der Waals surface area contributed by atoms with Crippen LogP contribution >= 0.6 is 0 Å².